The molecule has 2 aromatic carbocycles. The Kier molecular flexibility index (Phi) is 2.03. The van der Waals surface area contributed by atoms with Gasteiger partial charge in [0, 0.05) is 22.8 Å². The minimum absolute atomic E-state index is 0.835. The third kappa shape index (κ3) is 1.18. The normalized spacial score (nSPS) is 11.0. The van der Waals surface area contributed by atoms with Gasteiger partial charge in [0.25, 0.3) is 0 Å². The van der Waals surface area contributed by atoms with Gasteiger partial charge in [-0.1, -0.05) is 36.4 Å². The molecule has 1 radical (unpaired) electrons. The molecule has 0 unspecified atom stereocenters. The summed E-state index contributed by atoms with van der Waals surface area (Å²) >= 11 is 0. The molecule has 3 aromatic rings. The van der Waals surface area contributed by atoms with Gasteiger partial charge in [0.15, 0.2) is 0 Å². The largest absolute Gasteiger partial charge is 0.337 e. The molecule has 77 valence electrons. The molecule has 0 atom stereocenters. The van der Waals surface area contributed by atoms with Gasteiger partial charge in [-0.25, -0.2) is 0 Å². The van der Waals surface area contributed by atoms with Crippen LogP contribution >= 0.6 is 0 Å². The van der Waals surface area contributed by atoms with Crippen LogP contribution in [0.2, 0.25) is 0 Å². The van der Waals surface area contributed by atoms with Crippen LogP contribution in [0.5, 0.6) is 0 Å². The number of benzene rings is 2. The predicted molar refractivity (Wildman–Crippen MR) is 68.5 cm³/mol. The van der Waals surface area contributed by atoms with E-state index in [9.17, 15) is 0 Å². The molecule has 0 fully saturated rings. The molecule has 3 rings (SSSR count). The zero-order valence-corrected chi connectivity index (χ0v) is 8.98. The van der Waals surface area contributed by atoms with Gasteiger partial charge in [0.05, 0.1) is 5.52 Å². The molecule has 0 aliphatic carbocycles. The van der Waals surface area contributed by atoms with Gasteiger partial charge < -0.3 is 4.57 Å². The molecule has 0 N–H and O–H groups in total. The maximum atomic E-state index is 3.82. The van der Waals surface area contributed by atoms with E-state index in [0.29, 0.717) is 0 Å². The molecule has 0 aliphatic rings. The van der Waals surface area contributed by atoms with Crippen molar-refractivity contribution < 1.29 is 0 Å². The van der Waals surface area contributed by atoms with Crippen LogP contribution in [0.1, 0.15) is 0 Å². The first-order valence-corrected chi connectivity index (χ1v) is 5.40. The van der Waals surface area contributed by atoms with E-state index in [-0.39, 0.29) is 0 Å². The fourth-order valence-corrected chi connectivity index (χ4v) is 2.27. The highest BCUT2D eigenvalue weighted by molar-refractivity contribution is 6.07. The Labute approximate surface area is 94.6 Å². The lowest BCUT2D eigenvalue weighted by molar-refractivity contribution is 0.901. The summed E-state index contributed by atoms with van der Waals surface area (Å²) < 4.78 is 2.27. The molecule has 0 spiro atoms. The Morgan fingerprint density at radius 3 is 2.81 bits per heavy atom. The maximum Gasteiger partial charge on any atom is 0.0500 e. The standard InChI is InChI=1S/C15H12N/c1-2-11-16-14-9-5-3-7-12(14)13-8-4-6-10-15(13)16/h2-5,7-10H,1,11H2. The second kappa shape index (κ2) is 3.53. The van der Waals surface area contributed by atoms with Crippen molar-refractivity contribution in [1.82, 2.24) is 4.57 Å². The molecule has 0 saturated carbocycles. The van der Waals surface area contributed by atoms with Crippen LogP contribution in [-0.2, 0) is 6.54 Å². The van der Waals surface area contributed by atoms with E-state index in [1.54, 1.807) is 0 Å². The highest BCUT2D eigenvalue weighted by Crippen LogP contribution is 2.28. The van der Waals surface area contributed by atoms with E-state index in [0.717, 1.165) is 6.54 Å². The van der Waals surface area contributed by atoms with Gasteiger partial charge in [-0.05, 0) is 18.2 Å². The molecule has 0 bridgehead atoms. The zero-order valence-electron chi connectivity index (χ0n) is 8.98. The van der Waals surface area contributed by atoms with E-state index < -0.39 is 0 Å². The van der Waals surface area contributed by atoms with Gasteiger partial charge >= 0.3 is 0 Å². The summed E-state index contributed by atoms with van der Waals surface area (Å²) in [6.07, 6.45) is 1.93. The zero-order chi connectivity index (χ0) is 11.0. The SMILES string of the molecule is C=CCn1c2c[c]ccc2c2ccccc21. The smallest absolute Gasteiger partial charge is 0.0500 e. The number of allylic oxidation sites excluding steroid dienone is 1. The van der Waals surface area contributed by atoms with E-state index >= 15 is 0 Å². The Morgan fingerprint density at radius 2 is 1.94 bits per heavy atom. The minimum Gasteiger partial charge on any atom is -0.337 e. The second-order valence-electron chi connectivity index (χ2n) is 3.86. The number of para-hydroxylation sites is 1. The first-order chi connectivity index (χ1) is 7.92. The molecular weight excluding hydrogens is 194 g/mol. The highest BCUT2D eigenvalue weighted by atomic mass is 15.0. The highest BCUT2D eigenvalue weighted by Gasteiger charge is 2.07. The number of aromatic nitrogens is 1. The van der Waals surface area contributed by atoms with Gasteiger partial charge in [0.2, 0.25) is 0 Å². The van der Waals surface area contributed by atoms with Crippen molar-refractivity contribution in [2.45, 2.75) is 6.54 Å². The predicted octanol–water partition coefficient (Wildman–Crippen LogP) is 3.78. The fourth-order valence-electron chi connectivity index (χ4n) is 2.27. The van der Waals surface area contributed by atoms with Crippen LogP contribution in [0.3, 0.4) is 0 Å². The second-order valence-corrected chi connectivity index (χ2v) is 3.86. The lowest BCUT2D eigenvalue weighted by atomic mass is 10.2. The fraction of sp³-hybridized carbons (Fsp3) is 0.0667. The third-order valence-corrected chi connectivity index (χ3v) is 2.93. The Balaban J connectivity index is 2.53. The lowest BCUT2D eigenvalue weighted by Gasteiger charge is -2.02. The Morgan fingerprint density at radius 1 is 1.12 bits per heavy atom. The average molecular weight is 206 g/mol. The molecule has 1 heterocycles. The number of nitrogens with zero attached hydrogens (tertiary/aromatic N) is 1. The number of fused-ring (bicyclic) bond motifs is 3. The van der Waals surface area contributed by atoms with E-state index in [1.165, 1.54) is 21.8 Å². The average Bonchev–Trinajstić information content (AvgIpc) is 2.66. The number of hydrogen-bond acceptors (Lipinski definition) is 0. The van der Waals surface area contributed by atoms with E-state index in [2.05, 4.69) is 47.5 Å². The van der Waals surface area contributed by atoms with Crippen molar-refractivity contribution in [3.05, 3.63) is 61.2 Å². The van der Waals surface area contributed by atoms with Crippen LogP contribution in [0.15, 0.2) is 55.1 Å². The van der Waals surface area contributed by atoms with E-state index in [4.69, 9.17) is 0 Å². The number of rotatable bonds is 2. The van der Waals surface area contributed by atoms with E-state index in [1.807, 2.05) is 18.2 Å². The van der Waals surface area contributed by atoms with Gasteiger partial charge in [0.1, 0.15) is 0 Å². The van der Waals surface area contributed by atoms with Crippen molar-refractivity contribution in [2.75, 3.05) is 0 Å². The van der Waals surface area contributed by atoms with Gasteiger partial charge in [-0.15, -0.1) is 6.58 Å². The summed E-state index contributed by atoms with van der Waals surface area (Å²) in [5.41, 5.74) is 2.49. The molecule has 1 nitrogen and oxygen atoms in total. The lowest BCUT2D eigenvalue weighted by Crippen LogP contribution is -1.93. The van der Waals surface area contributed by atoms with Crippen molar-refractivity contribution in [3.8, 4) is 0 Å². The molecular formula is C15H12N. The molecule has 1 aromatic heterocycles. The van der Waals surface area contributed by atoms with Crippen LogP contribution < -0.4 is 0 Å². The third-order valence-electron chi connectivity index (χ3n) is 2.93. The minimum atomic E-state index is 0.835. The van der Waals surface area contributed by atoms with Crippen LogP contribution in [0, 0.1) is 6.07 Å². The van der Waals surface area contributed by atoms with Gasteiger partial charge in [-0.2, -0.15) is 0 Å². The first-order valence-electron chi connectivity index (χ1n) is 5.40. The maximum absolute atomic E-state index is 3.82. The first kappa shape index (κ1) is 9.22. The van der Waals surface area contributed by atoms with Gasteiger partial charge in [-0.3, -0.25) is 0 Å². The van der Waals surface area contributed by atoms with Crippen LogP contribution in [0.25, 0.3) is 21.8 Å². The van der Waals surface area contributed by atoms with Crippen LogP contribution in [-0.4, -0.2) is 4.57 Å². The summed E-state index contributed by atoms with van der Waals surface area (Å²) in [7, 11) is 0. The molecule has 0 amide bonds. The summed E-state index contributed by atoms with van der Waals surface area (Å²) in [5.74, 6) is 0. The quantitative estimate of drug-likeness (QED) is 0.562. The summed E-state index contributed by atoms with van der Waals surface area (Å²) in [6.45, 7) is 4.65. The molecule has 16 heavy (non-hydrogen) atoms. The molecule has 0 aliphatic heterocycles. The Bertz CT molecular complexity index is 608. The molecule has 1 heteroatoms. The monoisotopic (exact) mass is 206 g/mol. The number of hydrogen-bond donors (Lipinski definition) is 0. The summed E-state index contributed by atoms with van der Waals surface area (Å²) in [4.78, 5) is 0. The van der Waals surface area contributed by atoms with Crippen LogP contribution in [0.4, 0.5) is 0 Å². The topological polar surface area (TPSA) is 4.93 Å². The Hall–Kier alpha value is -2.02. The summed E-state index contributed by atoms with van der Waals surface area (Å²) in [5, 5.41) is 2.59. The molecule has 0 saturated heterocycles. The summed E-state index contributed by atoms with van der Waals surface area (Å²) in [6, 6.07) is 17.7. The van der Waals surface area contributed by atoms with Crippen molar-refractivity contribution in [2.24, 2.45) is 0 Å². The van der Waals surface area contributed by atoms with Crippen molar-refractivity contribution in [3.63, 3.8) is 0 Å². The van der Waals surface area contributed by atoms with Crippen molar-refractivity contribution >= 4 is 21.8 Å². The van der Waals surface area contributed by atoms with Crippen molar-refractivity contribution in [1.29, 1.82) is 0 Å².